The number of fused-ring (bicyclic) bond motifs is 1. The third-order valence-corrected chi connectivity index (χ3v) is 6.90. The Hall–Kier alpha value is -3.01. The largest absolute Gasteiger partial charge is 0.481 e. The highest BCUT2D eigenvalue weighted by Gasteiger charge is 2.58. The first-order valence-corrected chi connectivity index (χ1v) is 10.8. The number of nitrogens with two attached hydrogens (primary N) is 1. The molecule has 2 fully saturated rings. The molecule has 1 aromatic heterocycles. The molecule has 0 bridgehead atoms. The van der Waals surface area contributed by atoms with Gasteiger partial charge in [0.15, 0.2) is 10.8 Å². The van der Waals surface area contributed by atoms with Gasteiger partial charge < -0.3 is 30.6 Å². The van der Waals surface area contributed by atoms with Crippen molar-refractivity contribution in [3.05, 3.63) is 11.1 Å². The van der Waals surface area contributed by atoms with E-state index in [1.807, 2.05) is 0 Å². The number of ether oxygens (including phenoxy) is 1. The van der Waals surface area contributed by atoms with Gasteiger partial charge in [0.05, 0.1) is 0 Å². The van der Waals surface area contributed by atoms with Crippen LogP contribution in [0.2, 0.25) is 0 Å². The Morgan fingerprint density at radius 2 is 2.22 bits per heavy atom. The molecule has 16 heteroatoms. The van der Waals surface area contributed by atoms with E-state index in [2.05, 4.69) is 20.3 Å². The number of nitrogen functional groups attached to an aromatic ring is 1. The molecule has 0 saturated carbocycles. The van der Waals surface area contributed by atoms with Crippen molar-refractivity contribution < 1.29 is 42.6 Å². The molecule has 32 heavy (non-hydrogen) atoms. The molecule has 0 radical (unpaired) electrons. The quantitative estimate of drug-likeness (QED) is 0.189. The smallest absolute Gasteiger partial charge is 0.407 e. The van der Waals surface area contributed by atoms with E-state index in [9.17, 15) is 33.1 Å². The Balaban J connectivity index is 1.71. The second kappa shape index (κ2) is 9.23. The number of oxime groups is 1. The van der Waals surface area contributed by atoms with Crippen molar-refractivity contribution in [2.75, 3.05) is 24.6 Å². The van der Waals surface area contributed by atoms with Crippen molar-refractivity contribution >= 4 is 57.7 Å². The number of carboxylic acid groups (broad SMARTS) is 1. The van der Waals surface area contributed by atoms with Gasteiger partial charge in [0, 0.05) is 24.6 Å². The van der Waals surface area contributed by atoms with Crippen molar-refractivity contribution in [1.82, 2.24) is 15.2 Å². The Morgan fingerprint density at radius 1 is 1.50 bits per heavy atom. The maximum atomic E-state index is 12.6. The number of aliphatic carboxylic acids is 1. The predicted molar refractivity (Wildman–Crippen MR) is 107 cm³/mol. The molecule has 1 aromatic rings. The van der Waals surface area contributed by atoms with Crippen LogP contribution >= 0.6 is 23.1 Å². The van der Waals surface area contributed by atoms with Gasteiger partial charge in [-0.2, -0.15) is 8.78 Å². The number of carboxylic acids is 1. The van der Waals surface area contributed by atoms with Crippen molar-refractivity contribution in [2.45, 2.75) is 25.0 Å². The number of aromatic nitrogens is 1. The number of anilines is 1. The van der Waals surface area contributed by atoms with E-state index in [0.717, 1.165) is 30.0 Å². The molecule has 2 aliphatic rings. The van der Waals surface area contributed by atoms with Gasteiger partial charge in [-0.25, -0.2) is 4.98 Å². The number of β-lactam (4-membered cyclic amide) rings is 1. The molecule has 174 valence electrons. The van der Waals surface area contributed by atoms with Crippen LogP contribution in [0, 0.1) is 5.41 Å². The molecular weight excluding hydrogens is 476 g/mol. The van der Waals surface area contributed by atoms with Crippen molar-refractivity contribution in [3.63, 3.8) is 0 Å². The minimum absolute atomic E-state index is 0.00842. The molecule has 3 heterocycles. The molecular formula is C16H17F2N5O7S2. The van der Waals surface area contributed by atoms with E-state index >= 15 is 0 Å². The highest BCUT2D eigenvalue weighted by Crippen LogP contribution is 2.42. The zero-order valence-corrected chi connectivity index (χ0v) is 18.0. The standard InChI is InChI=1S/C16H17F2N5O7S2/c1-6(24)29-4-16(13(27)28)3-23-11(26)9(12(23)32-5-16)21-10(25)8(22-30-14(17)18)7-2-31-15(19)20-7/h2,9,12,14H,3-5H2,1H3,(H2,19,20)(H,21,25)(H,27,28)/t9?,12-,16?/m1/s1. The fourth-order valence-electron chi connectivity index (χ4n) is 3.05. The number of carbonyl (C=O) groups is 4. The van der Waals surface area contributed by atoms with Crippen LogP contribution < -0.4 is 11.1 Å². The fraction of sp³-hybridized carbons (Fsp3) is 0.500. The summed E-state index contributed by atoms with van der Waals surface area (Å²) < 4.78 is 29.7. The summed E-state index contributed by atoms with van der Waals surface area (Å²) >= 11 is 2.02. The summed E-state index contributed by atoms with van der Waals surface area (Å²) in [6.45, 7) is -2.78. The maximum absolute atomic E-state index is 12.6. The third-order valence-electron chi connectivity index (χ3n) is 4.64. The lowest BCUT2D eigenvalue weighted by atomic mass is 9.88. The maximum Gasteiger partial charge on any atom is 0.407 e. The Labute approximate surface area is 187 Å². The van der Waals surface area contributed by atoms with Crippen LogP contribution in [0.5, 0.6) is 0 Å². The summed E-state index contributed by atoms with van der Waals surface area (Å²) in [5.41, 5.74) is 3.30. The molecule has 2 saturated heterocycles. The van der Waals surface area contributed by atoms with E-state index in [4.69, 9.17) is 10.5 Å². The van der Waals surface area contributed by atoms with Gasteiger partial charge in [-0.15, -0.1) is 23.1 Å². The summed E-state index contributed by atoms with van der Waals surface area (Å²) in [5, 5.41) is 15.9. The average Bonchev–Trinajstić information content (AvgIpc) is 3.15. The first kappa shape index (κ1) is 23.6. The number of thioether (sulfide) groups is 1. The first-order chi connectivity index (χ1) is 15.0. The number of rotatable bonds is 8. The Morgan fingerprint density at radius 3 is 2.78 bits per heavy atom. The number of alkyl halides is 2. The number of amides is 2. The zero-order valence-electron chi connectivity index (χ0n) is 16.3. The highest BCUT2D eigenvalue weighted by molar-refractivity contribution is 8.00. The van der Waals surface area contributed by atoms with E-state index < -0.39 is 59.5 Å². The first-order valence-electron chi connectivity index (χ1n) is 8.87. The summed E-state index contributed by atoms with van der Waals surface area (Å²) in [5.74, 6) is -3.46. The number of hydrogen-bond donors (Lipinski definition) is 3. The third kappa shape index (κ3) is 4.74. The van der Waals surface area contributed by atoms with Gasteiger partial charge >= 0.3 is 18.6 Å². The highest BCUT2D eigenvalue weighted by atomic mass is 32.2. The molecule has 3 rings (SSSR count). The summed E-state index contributed by atoms with van der Waals surface area (Å²) in [4.78, 5) is 57.0. The lowest BCUT2D eigenvalue weighted by Crippen LogP contribution is -2.74. The van der Waals surface area contributed by atoms with Crippen LogP contribution in [0.3, 0.4) is 0 Å². The van der Waals surface area contributed by atoms with E-state index in [-0.39, 0.29) is 23.1 Å². The van der Waals surface area contributed by atoms with Crippen molar-refractivity contribution in [3.8, 4) is 0 Å². The molecule has 4 N–H and O–H groups in total. The molecule has 2 unspecified atom stereocenters. The zero-order chi connectivity index (χ0) is 23.6. The SMILES string of the molecule is CC(=O)OCC1(C(=O)O)CS[C@@H]2C(NC(=O)C(=NOC(F)F)c3csc(N)n3)C(=O)N2C1. The Kier molecular flexibility index (Phi) is 6.82. The van der Waals surface area contributed by atoms with Crippen molar-refractivity contribution in [2.24, 2.45) is 10.6 Å². The second-order valence-corrected chi connectivity index (χ2v) is 8.86. The van der Waals surface area contributed by atoms with Gasteiger partial charge in [-0.05, 0) is 0 Å². The molecule has 3 atom stereocenters. The molecule has 0 spiro atoms. The van der Waals surface area contributed by atoms with Crippen LogP contribution in [0.4, 0.5) is 13.9 Å². The number of nitrogens with zero attached hydrogens (tertiary/aromatic N) is 3. The summed E-state index contributed by atoms with van der Waals surface area (Å²) in [7, 11) is 0. The molecule has 2 amide bonds. The lowest BCUT2D eigenvalue weighted by Gasteiger charge is -2.53. The average molecular weight is 493 g/mol. The van der Waals surface area contributed by atoms with Gasteiger partial charge in [0.2, 0.25) is 5.91 Å². The van der Waals surface area contributed by atoms with Gasteiger partial charge in [0.25, 0.3) is 5.91 Å². The lowest BCUT2D eigenvalue weighted by molar-refractivity contribution is -0.164. The van der Waals surface area contributed by atoms with Crippen LogP contribution in [-0.2, 0) is 28.8 Å². The monoisotopic (exact) mass is 493 g/mol. The number of esters is 1. The van der Waals surface area contributed by atoms with Crippen LogP contribution in [0.15, 0.2) is 10.5 Å². The minimum Gasteiger partial charge on any atom is -0.481 e. The van der Waals surface area contributed by atoms with E-state index in [0.29, 0.717) is 0 Å². The predicted octanol–water partition coefficient (Wildman–Crippen LogP) is -0.297. The van der Waals surface area contributed by atoms with Crippen molar-refractivity contribution in [1.29, 1.82) is 0 Å². The fourth-order valence-corrected chi connectivity index (χ4v) is 5.12. The van der Waals surface area contributed by atoms with Crippen LogP contribution in [-0.4, -0.2) is 81.4 Å². The number of carbonyl (C=O) groups excluding carboxylic acids is 3. The van der Waals surface area contributed by atoms with Gasteiger partial charge in [0.1, 0.15) is 29.1 Å². The molecule has 0 aliphatic carbocycles. The summed E-state index contributed by atoms with van der Waals surface area (Å²) in [6.07, 6.45) is 0. The van der Waals surface area contributed by atoms with Crippen LogP contribution in [0.1, 0.15) is 12.6 Å². The second-order valence-electron chi connectivity index (χ2n) is 6.86. The van der Waals surface area contributed by atoms with Crippen LogP contribution in [0.25, 0.3) is 0 Å². The molecule has 2 aliphatic heterocycles. The van der Waals surface area contributed by atoms with Gasteiger partial charge in [-0.1, -0.05) is 5.16 Å². The molecule has 12 nitrogen and oxygen atoms in total. The van der Waals surface area contributed by atoms with E-state index in [1.54, 1.807) is 0 Å². The Bertz CT molecular complexity index is 974. The summed E-state index contributed by atoms with van der Waals surface area (Å²) in [6, 6.07) is -1.05. The number of halogens is 2. The number of nitrogens with one attached hydrogen (secondary N) is 1. The minimum atomic E-state index is -3.29. The van der Waals surface area contributed by atoms with Gasteiger partial charge in [-0.3, -0.25) is 19.2 Å². The number of hydrogen-bond acceptors (Lipinski definition) is 11. The normalized spacial score (nSPS) is 25.1. The number of thiazole rings is 1. The van der Waals surface area contributed by atoms with E-state index in [1.165, 1.54) is 10.3 Å². The topological polar surface area (TPSA) is 174 Å². The molecule has 0 aromatic carbocycles.